The number of anilines is 1. The van der Waals surface area contributed by atoms with Crippen LogP contribution in [-0.4, -0.2) is 45.8 Å². The molecule has 0 spiro atoms. The summed E-state index contributed by atoms with van der Waals surface area (Å²) in [5, 5.41) is 4.23. The van der Waals surface area contributed by atoms with Gasteiger partial charge in [0.1, 0.15) is 0 Å². The van der Waals surface area contributed by atoms with Gasteiger partial charge in [-0.25, -0.2) is 8.42 Å². The molecule has 1 N–H and O–H groups in total. The Morgan fingerprint density at radius 1 is 1.07 bits per heavy atom. The third-order valence-corrected chi connectivity index (χ3v) is 6.90. The molecule has 0 saturated carbocycles. The number of piperidine rings is 1. The zero-order chi connectivity index (χ0) is 21.6. The highest BCUT2D eigenvalue weighted by molar-refractivity contribution is 7.92. The topological polar surface area (TPSA) is 69.7 Å². The van der Waals surface area contributed by atoms with Crippen molar-refractivity contribution in [2.45, 2.75) is 19.4 Å². The third kappa shape index (κ3) is 5.93. The highest BCUT2D eigenvalue weighted by atomic mass is 32.2. The molecule has 1 saturated heterocycles. The van der Waals surface area contributed by atoms with Gasteiger partial charge in [-0.3, -0.25) is 4.79 Å². The first-order valence-electron chi connectivity index (χ1n) is 10.1. The summed E-state index contributed by atoms with van der Waals surface area (Å²) >= 11 is 0. The number of hydrogen-bond donors (Lipinski definition) is 1. The first kappa shape index (κ1) is 22.1. The number of benzene rings is 2. The van der Waals surface area contributed by atoms with E-state index in [1.165, 1.54) is 9.71 Å². The van der Waals surface area contributed by atoms with Crippen LogP contribution in [0.3, 0.4) is 0 Å². The minimum absolute atomic E-state index is 0.0106. The van der Waals surface area contributed by atoms with E-state index in [2.05, 4.69) is 5.32 Å². The number of sulfonamides is 1. The van der Waals surface area contributed by atoms with Crippen molar-refractivity contribution in [2.75, 3.05) is 32.1 Å². The molecule has 1 fully saturated rings. The lowest BCUT2D eigenvalue weighted by atomic mass is 9.97. The van der Waals surface area contributed by atoms with E-state index in [9.17, 15) is 13.2 Å². The fourth-order valence-electron chi connectivity index (χ4n) is 3.43. The van der Waals surface area contributed by atoms with E-state index in [0.29, 0.717) is 32.5 Å². The van der Waals surface area contributed by atoms with Gasteiger partial charge < -0.3 is 10.2 Å². The van der Waals surface area contributed by atoms with E-state index in [1.807, 2.05) is 73.6 Å². The molecule has 0 unspecified atom stereocenters. The van der Waals surface area contributed by atoms with E-state index in [-0.39, 0.29) is 11.8 Å². The molecule has 160 valence electrons. The molecule has 2 aromatic carbocycles. The molecule has 7 heteroatoms. The van der Waals surface area contributed by atoms with E-state index in [1.54, 1.807) is 6.08 Å². The quantitative estimate of drug-likeness (QED) is 0.737. The average molecular weight is 428 g/mol. The Morgan fingerprint density at radius 2 is 1.70 bits per heavy atom. The highest BCUT2D eigenvalue weighted by Crippen LogP contribution is 2.21. The van der Waals surface area contributed by atoms with Crippen LogP contribution in [0.4, 0.5) is 5.69 Å². The second kappa shape index (κ2) is 9.91. The fourth-order valence-corrected chi connectivity index (χ4v) is 4.65. The first-order chi connectivity index (χ1) is 14.3. The van der Waals surface area contributed by atoms with Crippen molar-refractivity contribution in [1.29, 1.82) is 0 Å². The Balaban J connectivity index is 1.48. The lowest BCUT2D eigenvalue weighted by Gasteiger charge is -2.29. The lowest BCUT2D eigenvalue weighted by molar-refractivity contribution is -0.126. The number of carbonyl (C=O) groups excluding carboxylic acids is 1. The van der Waals surface area contributed by atoms with Crippen molar-refractivity contribution < 1.29 is 13.2 Å². The second-order valence-electron chi connectivity index (χ2n) is 7.71. The normalized spacial score (nSPS) is 15.9. The standard InChI is InChI=1S/C23H29N3O3S/c1-25(2)22-10-8-20(9-11-22)18-24-23(27)21-12-15-26(16-13-21)30(28,29)17-14-19-6-4-3-5-7-19/h3-11,14,17,21H,12-13,15-16,18H2,1-2H3,(H,24,27)/b17-14+. The summed E-state index contributed by atoms with van der Waals surface area (Å²) in [5.41, 5.74) is 2.99. The van der Waals surface area contributed by atoms with Crippen LogP contribution in [0.5, 0.6) is 0 Å². The molecule has 0 aliphatic carbocycles. The molecular formula is C23H29N3O3S. The smallest absolute Gasteiger partial charge is 0.236 e. The minimum Gasteiger partial charge on any atom is -0.378 e. The molecule has 30 heavy (non-hydrogen) atoms. The van der Waals surface area contributed by atoms with Crippen LogP contribution < -0.4 is 10.2 Å². The summed E-state index contributed by atoms with van der Waals surface area (Å²) in [4.78, 5) is 14.5. The van der Waals surface area contributed by atoms with E-state index in [0.717, 1.165) is 16.8 Å². The molecule has 1 aliphatic heterocycles. The molecule has 0 bridgehead atoms. The predicted molar refractivity (Wildman–Crippen MR) is 121 cm³/mol. The molecule has 0 radical (unpaired) electrons. The molecule has 1 amide bonds. The molecule has 1 aliphatic rings. The molecule has 1 heterocycles. The van der Waals surface area contributed by atoms with Crippen LogP contribution in [0.1, 0.15) is 24.0 Å². The van der Waals surface area contributed by atoms with Gasteiger partial charge in [-0.05, 0) is 42.2 Å². The number of rotatable bonds is 7. The van der Waals surface area contributed by atoms with Gasteiger partial charge in [0.25, 0.3) is 0 Å². The lowest BCUT2D eigenvalue weighted by Crippen LogP contribution is -2.42. The van der Waals surface area contributed by atoms with Crippen molar-refractivity contribution in [3.8, 4) is 0 Å². The maximum absolute atomic E-state index is 12.6. The molecule has 3 rings (SSSR count). The van der Waals surface area contributed by atoms with Gasteiger partial charge in [-0.15, -0.1) is 0 Å². The van der Waals surface area contributed by atoms with Crippen LogP contribution in [-0.2, 0) is 21.4 Å². The van der Waals surface area contributed by atoms with Gasteiger partial charge >= 0.3 is 0 Å². The maximum Gasteiger partial charge on any atom is 0.236 e. The first-order valence-corrected chi connectivity index (χ1v) is 11.6. The van der Waals surface area contributed by atoms with Crippen molar-refractivity contribution >= 4 is 27.7 Å². The highest BCUT2D eigenvalue weighted by Gasteiger charge is 2.29. The second-order valence-corrected chi connectivity index (χ2v) is 9.53. The SMILES string of the molecule is CN(C)c1ccc(CNC(=O)C2CCN(S(=O)(=O)/C=C/c3ccccc3)CC2)cc1. The molecule has 6 nitrogen and oxygen atoms in total. The van der Waals surface area contributed by atoms with Crippen molar-refractivity contribution in [1.82, 2.24) is 9.62 Å². The summed E-state index contributed by atoms with van der Waals surface area (Å²) in [5.74, 6) is -0.167. The summed E-state index contributed by atoms with van der Waals surface area (Å²) in [6.45, 7) is 1.19. The number of nitrogens with zero attached hydrogens (tertiary/aromatic N) is 2. The Labute approximate surface area is 179 Å². The summed E-state index contributed by atoms with van der Waals surface area (Å²) in [7, 11) is 0.494. The van der Waals surface area contributed by atoms with Crippen LogP contribution >= 0.6 is 0 Å². The van der Waals surface area contributed by atoms with Gasteiger partial charge in [0.2, 0.25) is 15.9 Å². The van der Waals surface area contributed by atoms with E-state index >= 15 is 0 Å². The zero-order valence-electron chi connectivity index (χ0n) is 17.5. The maximum atomic E-state index is 12.6. The van der Waals surface area contributed by atoms with Gasteiger partial charge in [0.15, 0.2) is 0 Å². The van der Waals surface area contributed by atoms with Gasteiger partial charge in [0, 0.05) is 50.7 Å². The van der Waals surface area contributed by atoms with E-state index in [4.69, 9.17) is 0 Å². The van der Waals surface area contributed by atoms with Crippen LogP contribution in [0.15, 0.2) is 60.0 Å². The summed E-state index contributed by atoms with van der Waals surface area (Å²) < 4.78 is 26.6. The van der Waals surface area contributed by atoms with Crippen molar-refractivity contribution in [3.63, 3.8) is 0 Å². The van der Waals surface area contributed by atoms with Crippen molar-refractivity contribution in [3.05, 3.63) is 71.1 Å². The summed E-state index contributed by atoms with van der Waals surface area (Å²) in [6, 6.07) is 17.4. The number of hydrogen-bond acceptors (Lipinski definition) is 4. The van der Waals surface area contributed by atoms with Crippen LogP contribution in [0.25, 0.3) is 6.08 Å². The minimum atomic E-state index is -3.48. The zero-order valence-corrected chi connectivity index (χ0v) is 18.3. The Hall–Kier alpha value is -2.64. The average Bonchev–Trinajstić information content (AvgIpc) is 2.77. The molecule has 0 aromatic heterocycles. The van der Waals surface area contributed by atoms with Crippen molar-refractivity contribution in [2.24, 2.45) is 5.92 Å². The van der Waals surface area contributed by atoms with Gasteiger partial charge in [0.05, 0.1) is 0 Å². The Bertz CT molecular complexity index is 963. The molecular weight excluding hydrogens is 398 g/mol. The number of carbonyl (C=O) groups is 1. The Kier molecular flexibility index (Phi) is 7.29. The fraction of sp³-hybridized carbons (Fsp3) is 0.348. The number of amides is 1. The number of nitrogens with one attached hydrogen (secondary N) is 1. The Morgan fingerprint density at radius 3 is 2.30 bits per heavy atom. The predicted octanol–water partition coefficient (Wildman–Crippen LogP) is 3.08. The van der Waals surface area contributed by atoms with Crippen LogP contribution in [0.2, 0.25) is 0 Å². The molecule has 0 atom stereocenters. The van der Waals surface area contributed by atoms with E-state index < -0.39 is 10.0 Å². The van der Waals surface area contributed by atoms with Crippen LogP contribution in [0, 0.1) is 5.92 Å². The van der Waals surface area contributed by atoms with Gasteiger partial charge in [-0.2, -0.15) is 4.31 Å². The third-order valence-electron chi connectivity index (χ3n) is 5.34. The summed E-state index contributed by atoms with van der Waals surface area (Å²) in [6.07, 6.45) is 2.67. The largest absolute Gasteiger partial charge is 0.378 e. The molecule has 2 aromatic rings. The van der Waals surface area contributed by atoms with Gasteiger partial charge in [-0.1, -0.05) is 42.5 Å². The monoisotopic (exact) mass is 427 g/mol.